The number of para-hydroxylation sites is 1. The van der Waals surface area contributed by atoms with Crippen molar-refractivity contribution in [1.82, 2.24) is 0 Å². The van der Waals surface area contributed by atoms with Crippen molar-refractivity contribution in [2.24, 2.45) is 0 Å². The highest BCUT2D eigenvalue weighted by Gasteiger charge is 2.36. The van der Waals surface area contributed by atoms with Gasteiger partial charge in [-0.3, -0.25) is 0 Å². The second kappa shape index (κ2) is 11.3. The molecule has 0 amide bonds. The fourth-order valence-electron chi connectivity index (χ4n) is 2.62. The first kappa shape index (κ1) is 26.8. The van der Waals surface area contributed by atoms with Gasteiger partial charge >= 0.3 is 7.82 Å². The Labute approximate surface area is 237 Å². The van der Waals surface area contributed by atoms with Gasteiger partial charge in [0, 0.05) is 17.9 Å². The van der Waals surface area contributed by atoms with Crippen LogP contribution in [-0.2, 0) is 4.57 Å². The fourth-order valence-corrected chi connectivity index (χ4v) is 6.87. The second-order valence-corrected chi connectivity index (χ2v) is 13.1. The topological polar surface area (TPSA) is 44.8 Å². The van der Waals surface area contributed by atoms with Gasteiger partial charge in [-0.05, 0) is 137 Å². The third-order valence-corrected chi connectivity index (χ3v) is 12.1. The molecule has 0 N–H and O–H groups in total. The summed E-state index contributed by atoms with van der Waals surface area (Å²) in [6.07, 6.45) is 0. The van der Waals surface area contributed by atoms with Crippen LogP contribution in [0.25, 0.3) is 0 Å². The molecule has 170 valence electrons. The third-order valence-electron chi connectivity index (χ3n) is 4.17. The molecule has 32 heavy (non-hydrogen) atoms. The molecule has 0 heterocycles. The molecule has 0 unspecified atom stereocenters. The smallest absolute Gasteiger partial charge is 0.386 e. The number of phosphoric ester groups is 1. The molecule has 3 aromatic carbocycles. The van der Waals surface area contributed by atoms with E-state index in [2.05, 4.69) is 95.6 Å². The number of rotatable bonds is 7. The Morgan fingerprint density at radius 2 is 1.06 bits per heavy atom. The predicted octanol–water partition coefficient (Wildman–Crippen LogP) is 11.0. The van der Waals surface area contributed by atoms with E-state index >= 15 is 0 Å². The molecule has 0 spiro atoms. The molecule has 0 aliphatic heterocycles. The Bertz CT molecular complexity index is 1140. The van der Waals surface area contributed by atoms with Crippen LogP contribution in [0.3, 0.4) is 0 Å². The van der Waals surface area contributed by atoms with Crippen molar-refractivity contribution in [3.05, 3.63) is 80.9 Å². The molecular weight excluding hydrogens is 827 g/mol. The quantitative estimate of drug-likeness (QED) is 0.176. The van der Waals surface area contributed by atoms with Crippen LogP contribution in [0.1, 0.15) is 25.3 Å². The molecule has 0 fully saturated rings. The van der Waals surface area contributed by atoms with Crippen LogP contribution in [0, 0.1) is 0 Å². The first-order chi connectivity index (χ1) is 15.0. The van der Waals surface area contributed by atoms with Gasteiger partial charge in [-0.2, -0.15) is 4.57 Å². The molecule has 0 atom stereocenters. The summed E-state index contributed by atoms with van der Waals surface area (Å²) in [6.45, 7) is 4.05. The summed E-state index contributed by atoms with van der Waals surface area (Å²) in [5.74, 6) is 1.14. The Morgan fingerprint density at radius 1 is 0.625 bits per heavy atom. The van der Waals surface area contributed by atoms with Crippen molar-refractivity contribution in [3.8, 4) is 17.2 Å². The van der Waals surface area contributed by atoms with Crippen molar-refractivity contribution in [2.75, 3.05) is 0 Å². The van der Waals surface area contributed by atoms with Gasteiger partial charge in [-0.1, -0.05) is 32.0 Å². The van der Waals surface area contributed by atoms with Gasteiger partial charge in [0.25, 0.3) is 0 Å². The predicted molar refractivity (Wildman–Crippen MR) is 149 cm³/mol. The van der Waals surface area contributed by atoms with E-state index in [4.69, 9.17) is 13.6 Å². The minimum Gasteiger partial charge on any atom is -0.386 e. The number of halogens is 6. The van der Waals surface area contributed by atoms with Crippen molar-refractivity contribution in [1.29, 1.82) is 0 Å². The Morgan fingerprint density at radius 3 is 1.53 bits per heavy atom. The summed E-state index contributed by atoms with van der Waals surface area (Å²) in [7, 11) is -4.21. The molecule has 0 bridgehead atoms. The zero-order chi connectivity index (χ0) is 23.6. The van der Waals surface area contributed by atoms with Gasteiger partial charge < -0.3 is 13.6 Å². The van der Waals surface area contributed by atoms with Crippen LogP contribution in [0.5, 0.6) is 17.2 Å². The second-order valence-electron chi connectivity index (χ2n) is 6.76. The van der Waals surface area contributed by atoms with E-state index in [0.29, 0.717) is 23.6 Å². The summed E-state index contributed by atoms with van der Waals surface area (Å²) in [4.78, 5) is 0. The van der Waals surface area contributed by atoms with Crippen molar-refractivity contribution < 1.29 is 18.1 Å². The normalized spacial score (nSPS) is 11.5. The van der Waals surface area contributed by atoms with Gasteiger partial charge in [-0.15, -0.1) is 0 Å². The largest absolute Gasteiger partial charge is 0.647 e. The van der Waals surface area contributed by atoms with Crippen LogP contribution in [-0.4, -0.2) is 0 Å². The maximum absolute atomic E-state index is 14.0. The van der Waals surface area contributed by atoms with E-state index in [1.54, 1.807) is 30.3 Å². The van der Waals surface area contributed by atoms with Crippen molar-refractivity contribution in [2.45, 2.75) is 19.8 Å². The van der Waals surface area contributed by atoms with Gasteiger partial charge in [-0.25, -0.2) is 0 Å². The lowest BCUT2D eigenvalue weighted by molar-refractivity contribution is 0.295. The van der Waals surface area contributed by atoms with Crippen molar-refractivity contribution >= 4 is 103 Å². The Kier molecular flexibility index (Phi) is 9.43. The van der Waals surface area contributed by atoms with E-state index in [9.17, 15) is 4.57 Å². The van der Waals surface area contributed by atoms with Gasteiger partial charge in [0.05, 0.1) is 8.95 Å². The number of hydrogen-bond acceptors (Lipinski definition) is 4. The van der Waals surface area contributed by atoms with Gasteiger partial charge in [0.1, 0.15) is 17.2 Å². The summed E-state index contributed by atoms with van der Waals surface area (Å²) < 4.78 is 35.9. The van der Waals surface area contributed by atoms with Crippen LogP contribution < -0.4 is 13.6 Å². The Balaban J connectivity index is 2.08. The summed E-state index contributed by atoms with van der Waals surface area (Å²) in [5.41, 5.74) is 0.882. The molecule has 0 aliphatic carbocycles. The third kappa shape index (κ3) is 6.23. The van der Waals surface area contributed by atoms with Crippen molar-refractivity contribution in [3.63, 3.8) is 0 Å². The van der Waals surface area contributed by atoms with E-state index in [1.165, 1.54) is 0 Å². The highest BCUT2D eigenvalue weighted by Crippen LogP contribution is 2.55. The highest BCUT2D eigenvalue weighted by atomic mass is 79.9. The Hall–Kier alpha value is 0.170. The van der Waals surface area contributed by atoms with Crippen LogP contribution in [0.2, 0.25) is 0 Å². The SMILES string of the molecule is CC(C)c1ccccc1OP(=O)(Oc1ccc(Br)c(Br)c1Br)Oc1ccc(Br)c(Br)c1Br. The summed E-state index contributed by atoms with van der Waals surface area (Å²) in [5, 5.41) is 0. The van der Waals surface area contributed by atoms with Crippen LogP contribution >= 0.6 is 103 Å². The molecule has 0 aromatic heterocycles. The standard InChI is InChI=1S/C21H15Br6O4P/c1-11(2)12-5-3-4-6-15(12)29-32(28,30-16-9-7-13(22)18(24)20(16)26)31-17-10-8-14(23)19(25)21(17)27/h3-11H,1-2H3. The number of benzene rings is 3. The average molecular weight is 842 g/mol. The lowest BCUT2D eigenvalue weighted by Gasteiger charge is -2.23. The van der Waals surface area contributed by atoms with Crippen LogP contribution in [0.4, 0.5) is 0 Å². The van der Waals surface area contributed by atoms with Gasteiger partial charge in [0.2, 0.25) is 0 Å². The molecular formula is C21H15Br6O4P. The van der Waals surface area contributed by atoms with E-state index in [-0.39, 0.29) is 17.4 Å². The zero-order valence-corrected chi connectivity index (χ0v) is 27.0. The maximum Gasteiger partial charge on any atom is 0.647 e. The lowest BCUT2D eigenvalue weighted by Crippen LogP contribution is -2.09. The average Bonchev–Trinajstić information content (AvgIpc) is 2.75. The minimum absolute atomic E-state index is 0.141. The zero-order valence-electron chi connectivity index (χ0n) is 16.5. The molecule has 3 rings (SSSR count). The molecule has 0 radical (unpaired) electrons. The molecule has 3 aromatic rings. The van der Waals surface area contributed by atoms with Crippen LogP contribution in [0.15, 0.2) is 75.4 Å². The summed E-state index contributed by atoms with van der Waals surface area (Å²) in [6, 6.07) is 14.2. The molecule has 0 saturated heterocycles. The molecule has 0 aliphatic rings. The monoisotopic (exact) mass is 836 g/mol. The molecule has 4 nitrogen and oxygen atoms in total. The fraction of sp³-hybridized carbons (Fsp3) is 0.143. The molecule has 0 saturated carbocycles. The maximum atomic E-state index is 14.0. The van der Waals surface area contributed by atoms with Gasteiger partial charge in [0.15, 0.2) is 0 Å². The summed E-state index contributed by atoms with van der Waals surface area (Å²) >= 11 is 20.8. The first-order valence-electron chi connectivity index (χ1n) is 9.07. The van der Waals surface area contributed by atoms with E-state index in [1.807, 2.05) is 32.0 Å². The lowest BCUT2D eigenvalue weighted by atomic mass is 10.0. The van der Waals surface area contributed by atoms with E-state index < -0.39 is 7.82 Å². The van der Waals surface area contributed by atoms with E-state index in [0.717, 1.165) is 14.5 Å². The molecule has 11 heteroatoms. The first-order valence-corrected chi connectivity index (χ1v) is 15.3. The number of phosphoric acid groups is 1. The number of hydrogen-bond donors (Lipinski definition) is 0. The minimum atomic E-state index is -4.21. The highest BCUT2D eigenvalue weighted by molar-refractivity contribution is 9.15.